The number of hydrogen-bond donors (Lipinski definition) is 1. The Labute approximate surface area is 179 Å². The standard InChI is InChI=1S/C21H22ClN5OS/c22-16-4-6-18(7-5-16)27-11-9-26(10-12-27)14-20-25-19(15-29-20)21(28)24-13-17-3-1-2-8-23-17/h1-8,15H,9-14H2,(H,24,28). The van der Waals surface area contributed by atoms with E-state index < -0.39 is 0 Å². The minimum absolute atomic E-state index is 0.161. The molecule has 0 aliphatic carbocycles. The van der Waals surface area contributed by atoms with E-state index in [9.17, 15) is 4.79 Å². The first kappa shape index (κ1) is 19.8. The molecule has 29 heavy (non-hydrogen) atoms. The number of aromatic nitrogens is 2. The zero-order valence-electron chi connectivity index (χ0n) is 15.9. The third-order valence-corrected chi connectivity index (χ3v) is 5.95. The van der Waals surface area contributed by atoms with Gasteiger partial charge in [0, 0.05) is 48.5 Å². The van der Waals surface area contributed by atoms with Crippen molar-refractivity contribution < 1.29 is 4.79 Å². The molecule has 0 bridgehead atoms. The highest BCUT2D eigenvalue weighted by atomic mass is 35.5. The maximum atomic E-state index is 12.3. The molecule has 1 amide bonds. The van der Waals surface area contributed by atoms with Crippen molar-refractivity contribution in [2.75, 3.05) is 31.1 Å². The van der Waals surface area contributed by atoms with Gasteiger partial charge < -0.3 is 10.2 Å². The summed E-state index contributed by atoms with van der Waals surface area (Å²) in [4.78, 5) is 25.8. The van der Waals surface area contributed by atoms with Crippen LogP contribution >= 0.6 is 22.9 Å². The van der Waals surface area contributed by atoms with Crippen molar-refractivity contribution in [3.63, 3.8) is 0 Å². The second kappa shape index (κ2) is 9.35. The van der Waals surface area contributed by atoms with Crippen molar-refractivity contribution in [2.24, 2.45) is 0 Å². The van der Waals surface area contributed by atoms with Gasteiger partial charge in [0.1, 0.15) is 10.7 Å². The van der Waals surface area contributed by atoms with E-state index in [2.05, 4.69) is 37.2 Å². The molecule has 8 heteroatoms. The Kier molecular flexibility index (Phi) is 6.39. The molecule has 4 rings (SSSR count). The summed E-state index contributed by atoms with van der Waals surface area (Å²) in [6, 6.07) is 13.6. The molecule has 2 aromatic heterocycles. The molecule has 1 N–H and O–H groups in total. The van der Waals surface area contributed by atoms with Crippen LogP contribution in [0.1, 0.15) is 21.2 Å². The number of benzene rings is 1. The summed E-state index contributed by atoms with van der Waals surface area (Å²) in [6.07, 6.45) is 1.72. The smallest absolute Gasteiger partial charge is 0.271 e. The average Bonchev–Trinajstić information content (AvgIpc) is 3.23. The lowest BCUT2D eigenvalue weighted by Crippen LogP contribution is -2.45. The Bertz CT molecular complexity index is 939. The van der Waals surface area contributed by atoms with Gasteiger partial charge in [0.25, 0.3) is 5.91 Å². The van der Waals surface area contributed by atoms with Gasteiger partial charge in [0.05, 0.1) is 18.8 Å². The third-order valence-electron chi connectivity index (χ3n) is 4.86. The van der Waals surface area contributed by atoms with Crippen molar-refractivity contribution in [3.8, 4) is 0 Å². The highest BCUT2D eigenvalue weighted by molar-refractivity contribution is 7.09. The van der Waals surface area contributed by atoms with Gasteiger partial charge in [-0.05, 0) is 36.4 Å². The van der Waals surface area contributed by atoms with Gasteiger partial charge in [-0.2, -0.15) is 0 Å². The second-order valence-electron chi connectivity index (χ2n) is 6.87. The summed E-state index contributed by atoms with van der Waals surface area (Å²) in [5, 5.41) is 6.43. The number of hydrogen-bond acceptors (Lipinski definition) is 6. The van der Waals surface area contributed by atoms with Crippen LogP contribution in [-0.4, -0.2) is 47.0 Å². The molecule has 150 valence electrons. The van der Waals surface area contributed by atoms with E-state index in [0.717, 1.165) is 48.4 Å². The lowest BCUT2D eigenvalue weighted by atomic mass is 10.2. The average molecular weight is 428 g/mol. The number of carbonyl (C=O) groups excluding carboxylic acids is 1. The molecule has 1 aliphatic heterocycles. The molecule has 0 saturated carbocycles. The van der Waals surface area contributed by atoms with Gasteiger partial charge in [-0.1, -0.05) is 17.7 Å². The summed E-state index contributed by atoms with van der Waals surface area (Å²) in [5.74, 6) is -0.161. The summed E-state index contributed by atoms with van der Waals surface area (Å²) >= 11 is 7.51. The van der Waals surface area contributed by atoms with Crippen LogP contribution in [0.3, 0.4) is 0 Å². The molecule has 6 nitrogen and oxygen atoms in total. The zero-order chi connectivity index (χ0) is 20.1. The molecule has 3 aromatic rings. The van der Waals surface area contributed by atoms with Gasteiger partial charge in [0.15, 0.2) is 0 Å². The van der Waals surface area contributed by atoms with E-state index in [1.165, 1.54) is 17.0 Å². The van der Waals surface area contributed by atoms with Crippen molar-refractivity contribution >= 4 is 34.5 Å². The fourth-order valence-corrected chi connectivity index (χ4v) is 4.20. The van der Waals surface area contributed by atoms with Crippen LogP contribution in [0, 0.1) is 0 Å². The number of piperazine rings is 1. The van der Waals surface area contributed by atoms with Crippen molar-refractivity contribution in [1.82, 2.24) is 20.2 Å². The summed E-state index contributed by atoms with van der Waals surface area (Å²) in [7, 11) is 0. The van der Waals surface area contributed by atoms with Gasteiger partial charge in [-0.15, -0.1) is 11.3 Å². The minimum Gasteiger partial charge on any atom is -0.369 e. The number of halogens is 1. The van der Waals surface area contributed by atoms with Crippen LogP contribution in [0.2, 0.25) is 5.02 Å². The van der Waals surface area contributed by atoms with Crippen molar-refractivity contribution in [3.05, 3.63) is 75.5 Å². The summed E-state index contributed by atoms with van der Waals surface area (Å²) in [5.41, 5.74) is 2.51. The number of nitrogens with one attached hydrogen (secondary N) is 1. The fourth-order valence-electron chi connectivity index (χ4n) is 3.26. The van der Waals surface area contributed by atoms with Crippen LogP contribution in [-0.2, 0) is 13.1 Å². The molecule has 3 heterocycles. The lowest BCUT2D eigenvalue weighted by Gasteiger charge is -2.35. The van der Waals surface area contributed by atoms with Crippen LogP contribution in [0.4, 0.5) is 5.69 Å². The Hall–Kier alpha value is -2.48. The number of pyridine rings is 1. The largest absolute Gasteiger partial charge is 0.369 e. The molecule has 1 aromatic carbocycles. The predicted octanol–water partition coefficient (Wildman–Crippen LogP) is 3.44. The zero-order valence-corrected chi connectivity index (χ0v) is 17.5. The normalized spacial score (nSPS) is 14.7. The second-order valence-corrected chi connectivity index (χ2v) is 8.25. The van der Waals surface area contributed by atoms with Crippen LogP contribution in [0.25, 0.3) is 0 Å². The Balaban J connectivity index is 1.26. The number of carbonyl (C=O) groups is 1. The Morgan fingerprint density at radius 2 is 1.90 bits per heavy atom. The number of anilines is 1. The minimum atomic E-state index is -0.161. The molecule has 1 aliphatic rings. The van der Waals surface area contributed by atoms with Crippen LogP contribution < -0.4 is 10.2 Å². The van der Waals surface area contributed by atoms with Crippen molar-refractivity contribution in [1.29, 1.82) is 0 Å². The molecule has 1 fully saturated rings. The summed E-state index contributed by atoms with van der Waals surface area (Å²) < 4.78 is 0. The van der Waals surface area contributed by atoms with Gasteiger partial charge in [-0.3, -0.25) is 14.7 Å². The SMILES string of the molecule is O=C(NCc1ccccn1)c1csc(CN2CCN(c3ccc(Cl)cc3)CC2)n1. The van der Waals surface area contributed by atoms with E-state index in [0.29, 0.717) is 12.2 Å². The molecule has 1 saturated heterocycles. The summed E-state index contributed by atoms with van der Waals surface area (Å²) in [6.45, 7) is 5.02. The van der Waals surface area contributed by atoms with Crippen LogP contribution in [0.5, 0.6) is 0 Å². The molecular formula is C21H22ClN5OS. The first-order valence-electron chi connectivity index (χ1n) is 9.53. The van der Waals surface area contributed by atoms with Gasteiger partial charge >= 0.3 is 0 Å². The Morgan fingerprint density at radius 3 is 2.62 bits per heavy atom. The lowest BCUT2D eigenvalue weighted by molar-refractivity contribution is 0.0945. The third kappa shape index (κ3) is 5.32. The number of nitrogens with zero attached hydrogens (tertiary/aromatic N) is 4. The molecular weight excluding hydrogens is 406 g/mol. The van der Waals surface area contributed by atoms with Gasteiger partial charge in [0.2, 0.25) is 0 Å². The maximum Gasteiger partial charge on any atom is 0.271 e. The number of rotatable bonds is 6. The molecule has 0 unspecified atom stereocenters. The first-order chi connectivity index (χ1) is 14.2. The highest BCUT2D eigenvalue weighted by Crippen LogP contribution is 2.20. The number of amides is 1. The molecule has 0 atom stereocenters. The first-order valence-corrected chi connectivity index (χ1v) is 10.8. The van der Waals surface area contributed by atoms with Gasteiger partial charge in [-0.25, -0.2) is 4.98 Å². The van der Waals surface area contributed by atoms with E-state index in [4.69, 9.17) is 11.6 Å². The predicted molar refractivity (Wildman–Crippen MR) is 116 cm³/mol. The van der Waals surface area contributed by atoms with E-state index >= 15 is 0 Å². The number of thiazole rings is 1. The van der Waals surface area contributed by atoms with E-state index in [-0.39, 0.29) is 5.91 Å². The van der Waals surface area contributed by atoms with Crippen molar-refractivity contribution in [2.45, 2.75) is 13.1 Å². The quantitative estimate of drug-likeness (QED) is 0.652. The Morgan fingerprint density at radius 1 is 1.10 bits per heavy atom. The monoisotopic (exact) mass is 427 g/mol. The van der Waals surface area contributed by atoms with Crippen LogP contribution in [0.15, 0.2) is 54.0 Å². The van der Waals surface area contributed by atoms with E-state index in [1.807, 2.05) is 35.7 Å². The molecule has 0 radical (unpaired) electrons. The maximum absolute atomic E-state index is 12.3. The molecule has 0 spiro atoms. The van der Waals surface area contributed by atoms with E-state index in [1.54, 1.807) is 6.20 Å². The topological polar surface area (TPSA) is 61.4 Å². The fraction of sp³-hybridized carbons (Fsp3) is 0.286. The highest BCUT2D eigenvalue weighted by Gasteiger charge is 2.19.